The van der Waals surface area contributed by atoms with Crippen molar-refractivity contribution < 1.29 is 19.1 Å². The van der Waals surface area contributed by atoms with Crippen molar-refractivity contribution in [2.45, 2.75) is 18.6 Å². The number of primary amides is 1. The summed E-state index contributed by atoms with van der Waals surface area (Å²) < 4.78 is 13.6. The Morgan fingerprint density at radius 1 is 1.47 bits per heavy atom. The predicted octanol–water partition coefficient (Wildman–Crippen LogP) is 0.649. The molecule has 0 radical (unpaired) electrons. The maximum Gasteiger partial charge on any atom is 0.255 e. The molecule has 1 saturated heterocycles. The molecule has 2 rings (SSSR count). The maximum atomic E-state index is 13.2. The highest BCUT2D eigenvalue weighted by Gasteiger charge is 2.38. The van der Waals surface area contributed by atoms with Crippen LogP contribution >= 0.6 is 15.9 Å². The van der Waals surface area contributed by atoms with Crippen LogP contribution in [0.3, 0.4) is 0 Å². The van der Waals surface area contributed by atoms with E-state index in [-0.39, 0.29) is 18.5 Å². The highest BCUT2D eigenvalue weighted by molar-refractivity contribution is 9.10. The highest BCUT2D eigenvalue weighted by Crippen LogP contribution is 2.25. The van der Waals surface area contributed by atoms with Gasteiger partial charge in [0, 0.05) is 17.4 Å². The van der Waals surface area contributed by atoms with Crippen LogP contribution in [0, 0.1) is 5.82 Å². The number of β-amino-alcohol motifs (C(OH)–C–C–N with tert-alkyl or cyclic N) is 1. The van der Waals surface area contributed by atoms with E-state index in [1.165, 1.54) is 17.0 Å². The van der Waals surface area contributed by atoms with Crippen LogP contribution in [-0.2, 0) is 4.79 Å². The smallest absolute Gasteiger partial charge is 0.255 e. The molecule has 1 heterocycles. The average Bonchev–Trinajstić information content (AvgIpc) is 2.74. The topological polar surface area (TPSA) is 83.6 Å². The second kappa shape index (κ2) is 5.26. The fourth-order valence-corrected chi connectivity index (χ4v) is 2.54. The molecule has 2 atom stereocenters. The van der Waals surface area contributed by atoms with Gasteiger partial charge in [0.15, 0.2) is 0 Å². The van der Waals surface area contributed by atoms with Gasteiger partial charge in [-0.3, -0.25) is 9.59 Å². The van der Waals surface area contributed by atoms with Gasteiger partial charge in [-0.15, -0.1) is 0 Å². The van der Waals surface area contributed by atoms with Crippen molar-refractivity contribution in [2.75, 3.05) is 6.54 Å². The van der Waals surface area contributed by atoms with Crippen LogP contribution in [0.1, 0.15) is 16.8 Å². The minimum Gasteiger partial charge on any atom is -0.391 e. The summed E-state index contributed by atoms with van der Waals surface area (Å²) in [4.78, 5) is 24.7. The SMILES string of the molecule is NC(=O)C1CC(O)CN1C(=O)c1cc(F)ccc1Br. The number of likely N-dealkylation sites (tertiary alicyclic amines) is 1. The molecule has 0 aromatic heterocycles. The van der Waals surface area contributed by atoms with Gasteiger partial charge in [-0.1, -0.05) is 0 Å². The summed E-state index contributed by atoms with van der Waals surface area (Å²) in [5.41, 5.74) is 5.30. The molecular formula is C12H12BrFN2O3. The molecule has 1 aliphatic heterocycles. The summed E-state index contributed by atoms with van der Waals surface area (Å²) in [6.07, 6.45) is -0.692. The molecule has 1 fully saturated rings. The Kier molecular flexibility index (Phi) is 3.86. The third-order valence-corrected chi connectivity index (χ3v) is 3.72. The first-order valence-electron chi connectivity index (χ1n) is 5.63. The van der Waals surface area contributed by atoms with Crippen LogP contribution in [0.5, 0.6) is 0 Å². The average molecular weight is 331 g/mol. The van der Waals surface area contributed by atoms with Crippen molar-refractivity contribution in [1.82, 2.24) is 4.90 Å². The first-order valence-corrected chi connectivity index (χ1v) is 6.43. The van der Waals surface area contributed by atoms with Gasteiger partial charge in [0.05, 0.1) is 11.7 Å². The molecule has 0 bridgehead atoms. The van der Waals surface area contributed by atoms with Gasteiger partial charge in [0.25, 0.3) is 5.91 Å². The van der Waals surface area contributed by atoms with Crippen LogP contribution in [0.4, 0.5) is 4.39 Å². The molecule has 1 aromatic rings. The lowest BCUT2D eigenvalue weighted by molar-refractivity contribution is -0.121. The van der Waals surface area contributed by atoms with Crippen LogP contribution in [-0.4, -0.2) is 40.5 Å². The van der Waals surface area contributed by atoms with E-state index in [9.17, 15) is 19.1 Å². The van der Waals surface area contributed by atoms with Gasteiger partial charge in [-0.25, -0.2) is 4.39 Å². The zero-order valence-electron chi connectivity index (χ0n) is 9.85. The van der Waals surface area contributed by atoms with Crippen molar-refractivity contribution in [1.29, 1.82) is 0 Å². The first-order chi connectivity index (χ1) is 8.90. The molecule has 2 amide bonds. The molecule has 5 nitrogen and oxygen atoms in total. The standard InChI is InChI=1S/C12H12BrFN2O3/c13-9-2-1-6(14)3-8(9)12(19)16-5-7(17)4-10(16)11(15)18/h1-3,7,10,17H,4-5H2,(H2,15,18). The van der Waals surface area contributed by atoms with Crippen LogP contribution in [0.15, 0.2) is 22.7 Å². The van der Waals surface area contributed by atoms with Crippen molar-refractivity contribution in [3.05, 3.63) is 34.1 Å². The summed E-state index contributed by atoms with van der Waals surface area (Å²) >= 11 is 3.16. The van der Waals surface area contributed by atoms with E-state index >= 15 is 0 Å². The Bertz CT molecular complexity index is 538. The number of nitrogens with zero attached hydrogens (tertiary/aromatic N) is 1. The van der Waals surface area contributed by atoms with E-state index in [0.717, 1.165) is 6.07 Å². The number of carbonyl (C=O) groups is 2. The van der Waals surface area contributed by atoms with Gasteiger partial charge in [0.1, 0.15) is 11.9 Å². The summed E-state index contributed by atoms with van der Waals surface area (Å²) in [7, 11) is 0. The minimum absolute atomic E-state index is 0.00932. The molecule has 1 aliphatic rings. The number of aliphatic hydroxyl groups excluding tert-OH is 1. The van der Waals surface area contributed by atoms with Crippen LogP contribution in [0.25, 0.3) is 0 Å². The van der Waals surface area contributed by atoms with Gasteiger partial charge >= 0.3 is 0 Å². The number of nitrogens with two attached hydrogens (primary N) is 1. The van der Waals surface area contributed by atoms with Crippen molar-refractivity contribution >= 4 is 27.7 Å². The predicted molar refractivity (Wildman–Crippen MR) is 68.7 cm³/mol. The van der Waals surface area contributed by atoms with Crippen molar-refractivity contribution in [3.63, 3.8) is 0 Å². The summed E-state index contributed by atoms with van der Waals surface area (Å²) in [5.74, 6) is -1.77. The molecule has 2 unspecified atom stereocenters. The van der Waals surface area contributed by atoms with E-state index in [4.69, 9.17) is 5.73 Å². The second-order valence-electron chi connectivity index (χ2n) is 4.39. The molecule has 19 heavy (non-hydrogen) atoms. The van der Waals surface area contributed by atoms with Gasteiger partial charge in [0.2, 0.25) is 5.91 Å². The Hall–Kier alpha value is -1.47. The lowest BCUT2D eigenvalue weighted by Crippen LogP contribution is -2.43. The molecule has 102 valence electrons. The monoisotopic (exact) mass is 330 g/mol. The van der Waals surface area contributed by atoms with Gasteiger partial charge < -0.3 is 15.7 Å². The minimum atomic E-state index is -0.863. The lowest BCUT2D eigenvalue weighted by Gasteiger charge is -2.22. The number of amides is 2. The fourth-order valence-electron chi connectivity index (χ4n) is 2.12. The van der Waals surface area contributed by atoms with E-state index in [0.29, 0.717) is 4.47 Å². The summed E-state index contributed by atoms with van der Waals surface area (Å²) in [6, 6.07) is 2.84. The van der Waals surface area contributed by atoms with E-state index in [1.54, 1.807) is 0 Å². The Morgan fingerprint density at radius 3 is 2.79 bits per heavy atom. The number of aliphatic hydroxyl groups is 1. The highest BCUT2D eigenvalue weighted by atomic mass is 79.9. The summed E-state index contributed by atoms with van der Waals surface area (Å²) in [6.45, 7) is 0.00932. The number of hydrogen-bond donors (Lipinski definition) is 2. The number of halogens is 2. The van der Waals surface area contributed by atoms with Gasteiger partial charge in [-0.2, -0.15) is 0 Å². The molecule has 7 heteroatoms. The zero-order chi connectivity index (χ0) is 14.2. The third-order valence-electron chi connectivity index (χ3n) is 3.03. The number of rotatable bonds is 2. The van der Waals surface area contributed by atoms with E-state index < -0.39 is 29.8 Å². The molecular weight excluding hydrogens is 319 g/mol. The lowest BCUT2D eigenvalue weighted by atomic mass is 10.1. The number of benzene rings is 1. The molecule has 1 aromatic carbocycles. The largest absolute Gasteiger partial charge is 0.391 e. The zero-order valence-corrected chi connectivity index (χ0v) is 11.4. The molecule has 0 spiro atoms. The van der Waals surface area contributed by atoms with E-state index in [2.05, 4.69) is 15.9 Å². The van der Waals surface area contributed by atoms with Crippen LogP contribution in [0.2, 0.25) is 0 Å². The molecule has 0 aliphatic carbocycles. The Balaban J connectivity index is 2.33. The van der Waals surface area contributed by atoms with E-state index in [1.807, 2.05) is 0 Å². The van der Waals surface area contributed by atoms with Crippen molar-refractivity contribution in [2.24, 2.45) is 5.73 Å². The fraction of sp³-hybridized carbons (Fsp3) is 0.333. The maximum absolute atomic E-state index is 13.2. The quantitative estimate of drug-likeness (QED) is 0.835. The van der Waals surface area contributed by atoms with Gasteiger partial charge in [-0.05, 0) is 34.1 Å². The Morgan fingerprint density at radius 2 is 2.16 bits per heavy atom. The summed E-state index contributed by atoms with van der Waals surface area (Å²) in [5, 5.41) is 9.55. The number of carbonyl (C=O) groups excluding carboxylic acids is 2. The number of hydrogen-bond acceptors (Lipinski definition) is 3. The van der Waals surface area contributed by atoms with Crippen molar-refractivity contribution in [3.8, 4) is 0 Å². The second-order valence-corrected chi connectivity index (χ2v) is 5.24. The van der Waals surface area contributed by atoms with Crippen LogP contribution < -0.4 is 5.73 Å². The third kappa shape index (κ3) is 2.76. The molecule has 3 N–H and O–H groups in total. The normalized spacial score (nSPS) is 22.6. The molecule has 0 saturated carbocycles. The first kappa shape index (κ1) is 14.0. The Labute approximate surface area is 117 Å².